The van der Waals surface area contributed by atoms with Crippen LogP contribution in [-0.2, 0) is 16.1 Å². The number of fused-ring (bicyclic) bond motifs is 1. The molecule has 31 heavy (non-hydrogen) atoms. The Kier molecular flexibility index (Phi) is 5.82. The molecular formula is C25H22N2O3S. The lowest BCUT2D eigenvalue weighted by Crippen LogP contribution is -2.22. The Morgan fingerprint density at radius 3 is 2.32 bits per heavy atom. The standard InChI is InChI=1S/C25H22N2O3S/c1-16-13-17(2)23-21(14-16)27(15-22(28)30-3)25(31-23)26-24(29)20-11-9-19(10-12-20)18-7-5-4-6-8-18/h4-14H,15H2,1-3H3. The Balaban J connectivity index is 1.76. The minimum Gasteiger partial charge on any atom is -0.468 e. The zero-order chi connectivity index (χ0) is 22.0. The lowest BCUT2D eigenvalue weighted by molar-refractivity contribution is -0.141. The van der Waals surface area contributed by atoms with Gasteiger partial charge in [-0.05, 0) is 54.3 Å². The molecule has 156 valence electrons. The number of aryl methyl sites for hydroxylation is 2. The summed E-state index contributed by atoms with van der Waals surface area (Å²) >= 11 is 1.40. The van der Waals surface area contributed by atoms with Gasteiger partial charge >= 0.3 is 5.97 Å². The van der Waals surface area contributed by atoms with Crippen LogP contribution in [0.15, 0.2) is 71.7 Å². The summed E-state index contributed by atoms with van der Waals surface area (Å²) in [7, 11) is 1.35. The molecule has 4 rings (SSSR count). The number of carbonyl (C=O) groups is 2. The molecule has 0 bridgehead atoms. The van der Waals surface area contributed by atoms with Crippen LogP contribution in [0.2, 0.25) is 0 Å². The van der Waals surface area contributed by atoms with Crippen LogP contribution in [0.3, 0.4) is 0 Å². The van der Waals surface area contributed by atoms with E-state index >= 15 is 0 Å². The quantitative estimate of drug-likeness (QED) is 0.433. The van der Waals surface area contributed by atoms with Crippen molar-refractivity contribution in [2.24, 2.45) is 4.99 Å². The number of carbonyl (C=O) groups excluding carboxylic acids is 2. The largest absolute Gasteiger partial charge is 0.468 e. The van der Waals surface area contributed by atoms with Crippen molar-refractivity contribution >= 4 is 33.4 Å². The highest BCUT2D eigenvalue weighted by Gasteiger charge is 2.14. The molecule has 0 aliphatic carbocycles. The molecule has 0 saturated heterocycles. The van der Waals surface area contributed by atoms with E-state index in [4.69, 9.17) is 4.74 Å². The van der Waals surface area contributed by atoms with E-state index in [0.29, 0.717) is 10.4 Å². The maximum atomic E-state index is 12.9. The molecule has 0 aliphatic heterocycles. The lowest BCUT2D eigenvalue weighted by Gasteiger charge is -2.05. The van der Waals surface area contributed by atoms with E-state index in [1.165, 1.54) is 18.4 Å². The molecule has 0 fully saturated rings. The van der Waals surface area contributed by atoms with E-state index in [0.717, 1.165) is 32.5 Å². The highest BCUT2D eigenvalue weighted by Crippen LogP contribution is 2.24. The van der Waals surface area contributed by atoms with Crippen LogP contribution in [-0.4, -0.2) is 23.6 Å². The number of benzene rings is 3. The first-order chi connectivity index (χ1) is 15.0. The highest BCUT2D eigenvalue weighted by atomic mass is 32.1. The predicted octanol–water partition coefficient (Wildman–Crippen LogP) is 4.90. The number of esters is 1. The summed E-state index contributed by atoms with van der Waals surface area (Å²) in [6.45, 7) is 4.02. The third kappa shape index (κ3) is 4.34. The van der Waals surface area contributed by atoms with Gasteiger partial charge in [0, 0.05) is 5.56 Å². The van der Waals surface area contributed by atoms with Crippen molar-refractivity contribution in [1.29, 1.82) is 0 Å². The predicted molar refractivity (Wildman–Crippen MR) is 123 cm³/mol. The molecule has 0 radical (unpaired) electrons. The van der Waals surface area contributed by atoms with E-state index in [1.807, 2.05) is 62.4 Å². The van der Waals surface area contributed by atoms with Crippen LogP contribution in [0.4, 0.5) is 0 Å². The Morgan fingerprint density at radius 1 is 0.968 bits per heavy atom. The maximum Gasteiger partial charge on any atom is 0.325 e. The summed E-state index contributed by atoms with van der Waals surface area (Å²) in [6, 6.07) is 21.5. The summed E-state index contributed by atoms with van der Waals surface area (Å²) in [5, 5.41) is 0. The zero-order valence-electron chi connectivity index (χ0n) is 17.6. The number of hydrogen-bond acceptors (Lipinski definition) is 4. The van der Waals surface area contributed by atoms with Gasteiger partial charge in [-0.15, -0.1) is 0 Å². The van der Waals surface area contributed by atoms with Crippen molar-refractivity contribution < 1.29 is 14.3 Å². The zero-order valence-corrected chi connectivity index (χ0v) is 18.4. The number of thiazole rings is 1. The van der Waals surface area contributed by atoms with Gasteiger partial charge in [0.2, 0.25) is 0 Å². The van der Waals surface area contributed by atoms with E-state index in [2.05, 4.69) is 11.1 Å². The average molecular weight is 431 g/mol. The molecule has 0 saturated carbocycles. The Hall–Kier alpha value is -3.51. The van der Waals surface area contributed by atoms with Crippen molar-refractivity contribution in [1.82, 2.24) is 4.57 Å². The summed E-state index contributed by atoms with van der Waals surface area (Å²) in [6.07, 6.45) is 0. The van der Waals surface area contributed by atoms with Gasteiger partial charge in [-0.3, -0.25) is 9.59 Å². The van der Waals surface area contributed by atoms with E-state index in [-0.39, 0.29) is 18.4 Å². The molecule has 0 atom stereocenters. The number of methoxy groups -OCH3 is 1. The molecule has 3 aromatic carbocycles. The number of nitrogens with zero attached hydrogens (tertiary/aromatic N) is 2. The number of aromatic nitrogens is 1. The van der Waals surface area contributed by atoms with Gasteiger partial charge in [-0.25, -0.2) is 0 Å². The minimum atomic E-state index is -0.389. The molecule has 1 amide bonds. The maximum absolute atomic E-state index is 12.9. The third-order valence-electron chi connectivity index (χ3n) is 5.07. The third-order valence-corrected chi connectivity index (χ3v) is 6.29. The smallest absolute Gasteiger partial charge is 0.325 e. The van der Waals surface area contributed by atoms with Gasteiger partial charge in [-0.2, -0.15) is 4.99 Å². The number of rotatable bonds is 4. The van der Waals surface area contributed by atoms with Gasteiger partial charge in [0.25, 0.3) is 5.91 Å². The van der Waals surface area contributed by atoms with Crippen molar-refractivity contribution in [3.63, 3.8) is 0 Å². The van der Waals surface area contributed by atoms with Gasteiger partial charge in [0.15, 0.2) is 4.80 Å². The first-order valence-electron chi connectivity index (χ1n) is 9.88. The van der Waals surface area contributed by atoms with Crippen molar-refractivity contribution in [2.45, 2.75) is 20.4 Å². The Morgan fingerprint density at radius 2 is 1.65 bits per heavy atom. The van der Waals surface area contributed by atoms with Gasteiger partial charge in [0.1, 0.15) is 6.54 Å². The van der Waals surface area contributed by atoms with Crippen LogP contribution < -0.4 is 4.80 Å². The summed E-state index contributed by atoms with van der Waals surface area (Å²) in [5.74, 6) is -0.737. The lowest BCUT2D eigenvalue weighted by atomic mass is 10.0. The summed E-state index contributed by atoms with van der Waals surface area (Å²) in [4.78, 5) is 29.8. The Bertz CT molecular complexity index is 1330. The topological polar surface area (TPSA) is 60.7 Å². The average Bonchev–Trinajstić information content (AvgIpc) is 3.11. The van der Waals surface area contributed by atoms with Crippen molar-refractivity contribution in [3.8, 4) is 11.1 Å². The van der Waals surface area contributed by atoms with Crippen LogP contribution >= 0.6 is 11.3 Å². The van der Waals surface area contributed by atoms with Crippen molar-refractivity contribution in [2.75, 3.05) is 7.11 Å². The molecule has 0 unspecified atom stereocenters. The minimum absolute atomic E-state index is 0.00154. The van der Waals surface area contributed by atoms with Gasteiger partial charge in [-0.1, -0.05) is 59.9 Å². The fourth-order valence-corrected chi connectivity index (χ4v) is 4.61. The molecule has 5 nitrogen and oxygen atoms in total. The molecular weight excluding hydrogens is 408 g/mol. The van der Waals surface area contributed by atoms with Crippen LogP contribution in [0.1, 0.15) is 21.5 Å². The SMILES string of the molecule is COC(=O)Cn1c(=NC(=O)c2ccc(-c3ccccc3)cc2)sc2c(C)cc(C)cc21. The second kappa shape index (κ2) is 8.70. The van der Waals surface area contributed by atoms with E-state index < -0.39 is 0 Å². The highest BCUT2D eigenvalue weighted by molar-refractivity contribution is 7.16. The normalized spacial score (nSPS) is 11.6. The Labute approximate surface area is 184 Å². The van der Waals surface area contributed by atoms with Gasteiger partial charge in [0.05, 0.1) is 17.3 Å². The second-order valence-electron chi connectivity index (χ2n) is 7.34. The fourth-order valence-electron chi connectivity index (χ4n) is 3.53. The molecule has 0 aliphatic rings. The number of ether oxygens (including phenoxy) is 1. The molecule has 6 heteroatoms. The first kappa shape index (κ1) is 20.8. The van der Waals surface area contributed by atoms with Crippen molar-refractivity contribution in [3.05, 3.63) is 88.2 Å². The van der Waals surface area contributed by atoms with E-state index in [9.17, 15) is 9.59 Å². The number of amides is 1. The molecule has 1 heterocycles. The summed E-state index contributed by atoms with van der Waals surface area (Å²) in [5.41, 5.74) is 5.65. The number of hydrogen-bond donors (Lipinski definition) is 0. The fraction of sp³-hybridized carbons (Fsp3) is 0.160. The summed E-state index contributed by atoms with van der Waals surface area (Å²) < 4.78 is 7.60. The molecule has 4 aromatic rings. The van der Waals surface area contributed by atoms with Gasteiger partial charge < -0.3 is 9.30 Å². The van der Waals surface area contributed by atoms with Crippen LogP contribution in [0.5, 0.6) is 0 Å². The molecule has 0 spiro atoms. The van der Waals surface area contributed by atoms with Crippen LogP contribution in [0, 0.1) is 13.8 Å². The monoisotopic (exact) mass is 430 g/mol. The van der Waals surface area contributed by atoms with Crippen LogP contribution in [0.25, 0.3) is 21.3 Å². The molecule has 0 N–H and O–H groups in total. The first-order valence-corrected chi connectivity index (χ1v) is 10.7. The van der Waals surface area contributed by atoms with E-state index in [1.54, 1.807) is 16.7 Å². The second-order valence-corrected chi connectivity index (χ2v) is 8.31. The molecule has 1 aromatic heterocycles.